The van der Waals surface area contributed by atoms with Crippen LogP contribution in [-0.4, -0.2) is 46.6 Å². The molecule has 0 unspecified atom stereocenters. The summed E-state index contributed by atoms with van der Waals surface area (Å²) >= 11 is 0. The lowest BCUT2D eigenvalue weighted by Crippen LogP contribution is -2.51. The quantitative estimate of drug-likeness (QED) is 0.273. The van der Waals surface area contributed by atoms with Crippen LogP contribution in [0.5, 0.6) is 5.75 Å². The first-order valence-electron chi connectivity index (χ1n) is 14.3. The van der Waals surface area contributed by atoms with Crippen molar-refractivity contribution >= 4 is 5.69 Å². The van der Waals surface area contributed by atoms with E-state index in [9.17, 15) is 31.5 Å². The number of benzene rings is 3. The largest absolute Gasteiger partial charge is 0.573 e. The monoisotopic (exact) mass is 629 g/mol. The zero-order valence-corrected chi connectivity index (χ0v) is 24.4. The van der Waals surface area contributed by atoms with E-state index in [0.29, 0.717) is 43.9 Å². The van der Waals surface area contributed by atoms with Crippen molar-refractivity contribution in [1.82, 2.24) is 14.0 Å². The van der Waals surface area contributed by atoms with Crippen molar-refractivity contribution < 1.29 is 26.7 Å². The van der Waals surface area contributed by atoms with Crippen LogP contribution < -0.4 is 26.6 Å². The van der Waals surface area contributed by atoms with Gasteiger partial charge < -0.3 is 15.4 Å². The fraction of sp³-hybridized carbons (Fsp3) is 0.312. The number of anilines is 1. The molecule has 45 heavy (non-hydrogen) atoms. The number of halogens is 5. The highest BCUT2D eigenvalue weighted by molar-refractivity contribution is 5.50. The second-order valence-corrected chi connectivity index (χ2v) is 10.9. The molecule has 3 aromatic carbocycles. The Morgan fingerprint density at radius 2 is 1.49 bits per heavy atom. The number of piperazine rings is 1. The molecule has 1 aromatic heterocycles. The van der Waals surface area contributed by atoms with Crippen LogP contribution >= 0.6 is 0 Å². The summed E-state index contributed by atoms with van der Waals surface area (Å²) in [6.45, 7) is 2.93. The van der Waals surface area contributed by atoms with E-state index in [-0.39, 0.29) is 29.2 Å². The van der Waals surface area contributed by atoms with Crippen molar-refractivity contribution in [3.63, 3.8) is 0 Å². The summed E-state index contributed by atoms with van der Waals surface area (Å²) in [4.78, 5) is 31.5. The van der Waals surface area contributed by atoms with Gasteiger partial charge in [-0.15, -0.1) is 13.2 Å². The SMILES string of the molecule is Cc1c(N2CCN(Cc3cccc(OC(F)(F)F)c3)CC2)c(=O)n(C[C@H](N)c2ccccc2)c(=O)n1Cc1c(F)cccc1F. The van der Waals surface area contributed by atoms with Crippen molar-refractivity contribution in [3.05, 3.63) is 128 Å². The predicted molar refractivity (Wildman–Crippen MR) is 159 cm³/mol. The van der Waals surface area contributed by atoms with Gasteiger partial charge in [0.25, 0.3) is 5.56 Å². The molecule has 5 rings (SSSR count). The zero-order valence-electron chi connectivity index (χ0n) is 24.4. The summed E-state index contributed by atoms with van der Waals surface area (Å²) in [6, 6.07) is 17.4. The van der Waals surface area contributed by atoms with Crippen molar-refractivity contribution in [2.45, 2.75) is 39.0 Å². The van der Waals surface area contributed by atoms with Crippen LogP contribution in [-0.2, 0) is 19.6 Å². The van der Waals surface area contributed by atoms with Crippen LogP contribution in [0.4, 0.5) is 27.6 Å². The Kier molecular flexibility index (Phi) is 9.40. The maximum Gasteiger partial charge on any atom is 0.573 e. The molecule has 4 aromatic rings. The third kappa shape index (κ3) is 7.43. The summed E-state index contributed by atoms with van der Waals surface area (Å²) in [5.41, 5.74) is 6.57. The average molecular weight is 630 g/mol. The maximum absolute atomic E-state index is 14.7. The van der Waals surface area contributed by atoms with Gasteiger partial charge in [0.2, 0.25) is 0 Å². The topological polar surface area (TPSA) is 85.7 Å². The van der Waals surface area contributed by atoms with E-state index < -0.39 is 41.8 Å². The van der Waals surface area contributed by atoms with E-state index >= 15 is 0 Å². The van der Waals surface area contributed by atoms with Crippen LogP contribution in [0.2, 0.25) is 0 Å². The smallest absolute Gasteiger partial charge is 0.406 e. The lowest BCUT2D eigenvalue weighted by molar-refractivity contribution is -0.274. The van der Waals surface area contributed by atoms with Gasteiger partial charge in [-0.2, -0.15) is 0 Å². The van der Waals surface area contributed by atoms with Crippen molar-refractivity contribution in [2.24, 2.45) is 5.73 Å². The average Bonchev–Trinajstić information content (AvgIpc) is 2.99. The minimum absolute atomic E-state index is 0.162. The molecule has 1 atom stereocenters. The summed E-state index contributed by atoms with van der Waals surface area (Å²) in [5.74, 6) is -1.95. The van der Waals surface area contributed by atoms with Gasteiger partial charge in [0, 0.05) is 50.0 Å². The predicted octanol–water partition coefficient (Wildman–Crippen LogP) is 4.57. The number of hydrogen-bond donors (Lipinski definition) is 1. The molecule has 0 spiro atoms. The first-order chi connectivity index (χ1) is 21.4. The number of aromatic nitrogens is 2. The van der Waals surface area contributed by atoms with E-state index in [1.54, 1.807) is 37.3 Å². The molecule has 238 valence electrons. The second kappa shape index (κ2) is 13.2. The highest BCUT2D eigenvalue weighted by atomic mass is 19.4. The molecule has 1 aliphatic heterocycles. The lowest BCUT2D eigenvalue weighted by Gasteiger charge is -2.37. The molecule has 0 aliphatic carbocycles. The van der Waals surface area contributed by atoms with Gasteiger partial charge in [-0.05, 0) is 42.3 Å². The second-order valence-electron chi connectivity index (χ2n) is 10.9. The third-order valence-corrected chi connectivity index (χ3v) is 7.87. The number of nitrogens with zero attached hydrogens (tertiary/aromatic N) is 4. The van der Waals surface area contributed by atoms with Crippen LogP contribution in [0.3, 0.4) is 0 Å². The number of nitrogens with two attached hydrogens (primary N) is 1. The molecule has 1 fully saturated rings. The van der Waals surface area contributed by atoms with Crippen molar-refractivity contribution in [1.29, 1.82) is 0 Å². The molecule has 0 radical (unpaired) electrons. The molecule has 0 saturated carbocycles. The van der Waals surface area contributed by atoms with Gasteiger partial charge in [-0.1, -0.05) is 48.5 Å². The van der Waals surface area contributed by atoms with E-state index in [0.717, 1.165) is 16.7 Å². The first-order valence-corrected chi connectivity index (χ1v) is 14.3. The highest BCUT2D eigenvalue weighted by Crippen LogP contribution is 2.25. The van der Waals surface area contributed by atoms with E-state index in [4.69, 9.17) is 5.73 Å². The molecule has 1 aliphatic rings. The van der Waals surface area contributed by atoms with Crippen LogP contribution in [0, 0.1) is 18.6 Å². The molecular formula is C32H32F5N5O3. The van der Waals surface area contributed by atoms with E-state index in [1.807, 2.05) is 15.9 Å². The lowest BCUT2D eigenvalue weighted by atomic mass is 10.1. The molecule has 2 heterocycles. The van der Waals surface area contributed by atoms with Crippen LogP contribution in [0.1, 0.15) is 28.4 Å². The van der Waals surface area contributed by atoms with Gasteiger partial charge in [0.1, 0.15) is 23.1 Å². The van der Waals surface area contributed by atoms with Gasteiger partial charge in [-0.25, -0.2) is 13.6 Å². The standard InChI is InChI=1S/C32H32F5N5O3/c1-21-29(40-15-13-39(14-16-40)18-22-7-5-10-24(17-22)45-32(35,36)37)30(43)42(20-28(38)23-8-3-2-4-9-23)31(44)41(21)19-25-26(33)11-6-12-27(25)34/h2-12,17,28H,13-16,18-20,38H2,1H3/t28-/m0/s1. The first kappa shape index (κ1) is 31.9. The molecule has 0 amide bonds. The fourth-order valence-electron chi connectivity index (χ4n) is 5.57. The molecule has 8 nitrogen and oxygen atoms in total. The Bertz CT molecular complexity index is 1750. The molecule has 0 bridgehead atoms. The van der Waals surface area contributed by atoms with Gasteiger partial charge in [0.15, 0.2) is 0 Å². The van der Waals surface area contributed by atoms with E-state index in [1.165, 1.54) is 28.8 Å². The summed E-state index contributed by atoms with van der Waals surface area (Å²) in [5, 5.41) is 0. The molecule has 13 heteroatoms. The highest BCUT2D eigenvalue weighted by Gasteiger charge is 2.31. The van der Waals surface area contributed by atoms with Crippen molar-refractivity contribution in [2.75, 3.05) is 31.1 Å². The number of rotatable bonds is 9. The third-order valence-electron chi connectivity index (χ3n) is 7.87. The Morgan fingerprint density at radius 3 is 2.13 bits per heavy atom. The van der Waals surface area contributed by atoms with E-state index in [2.05, 4.69) is 4.74 Å². The maximum atomic E-state index is 14.7. The summed E-state index contributed by atoms with van der Waals surface area (Å²) < 4.78 is 73.6. The normalized spacial score (nSPS) is 14.9. The summed E-state index contributed by atoms with van der Waals surface area (Å²) in [7, 11) is 0. The molecular weight excluding hydrogens is 597 g/mol. The Hall–Kier alpha value is -4.49. The molecule has 2 N–H and O–H groups in total. The van der Waals surface area contributed by atoms with Crippen LogP contribution in [0.25, 0.3) is 0 Å². The van der Waals surface area contributed by atoms with Gasteiger partial charge in [0.05, 0.1) is 13.1 Å². The van der Waals surface area contributed by atoms with Crippen LogP contribution in [0.15, 0.2) is 82.4 Å². The van der Waals surface area contributed by atoms with Gasteiger partial charge >= 0.3 is 12.1 Å². The number of ether oxygens (including phenoxy) is 1. The zero-order chi connectivity index (χ0) is 32.3. The Morgan fingerprint density at radius 1 is 0.844 bits per heavy atom. The number of alkyl halides is 3. The van der Waals surface area contributed by atoms with Gasteiger partial charge in [-0.3, -0.25) is 18.8 Å². The number of hydrogen-bond acceptors (Lipinski definition) is 6. The van der Waals surface area contributed by atoms with Crippen molar-refractivity contribution in [3.8, 4) is 5.75 Å². The Balaban J connectivity index is 1.44. The minimum atomic E-state index is -4.80. The Labute approximate surface area is 255 Å². The molecule has 1 saturated heterocycles. The fourth-order valence-corrected chi connectivity index (χ4v) is 5.57. The summed E-state index contributed by atoms with van der Waals surface area (Å²) in [6.07, 6.45) is -4.80. The minimum Gasteiger partial charge on any atom is -0.406 e.